The maximum absolute atomic E-state index is 12.6. The summed E-state index contributed by atoms with van der Waals surface area (Å²) in [6, 6.07) is 4.12. The maximum Gasteiger partial charge on any atom is 0.410 e. The van der Waals surface area contributed by atoms with Gasteiger partial charge in [-0.1, -0.05) is 10.3 Å². The van der Waals surface area contributed by atoms with Gasteiger partial charge in [-0.25, -0.2) is 9.59 Å². The highest BCUT2D eigenvalue weighted by Crippen LogP contribution is 2.41. The topological polar surface area (TPSA) is 169 Å². The molecule has 4 unspecified atom stereocenters. The summed E-state index contributed by atoms with van der Waals surface area (Å²) in [7, 11) is 0. The second-order valence-corrected chi connectivity index (χ2v) is 18.3. The van der Waals surface area contributed by atoms with Gasteiger partial charge < -0.3 is 39.0 Å². The molecule has 54 heavy (non-hydrogen) atoms. The van der Waals surface area contributed by atoms with E-state index in [-0.39, 0.29) is 60.3 Å². The van der Waals surface area contributed by atoms with Gasteiger partial charge >= 0.3 is 12.2 Å². The first-order valence-corrected chi connectivity index (χ1v) is 20.2. The van der Waals surface area contributed by atoms with Crippen molar-refractivity contribution in [1.29, 1.82) is 0 Å². The lowest BCUT2D eigenvalue weighted by molar-refractivity contribution is -0.0240. The van der Waals surface area contributed by atoms with Gasteiger partial charge in [-0.2, -0.15) is 0 Å². The van der Waals surface area contributed by atoms with Crippen molar-refractivity contribution in [2.45, 2.75) is 191 Å². The molecule has 6 heterocycles. The minimum atomic E-state index is -0.497. The van der Waals surface area contributed by atoms with Crippen LogP contribution < -0.4 is 10.6 Å². The molecular formula is C40H58N6O8. The van der Waals surface area contributed by atoms with Gasteiger partial charge in [0.2, 0.25) is 0 Å². The number of hydrogen-bond donors (Lipinski definition) is 2. The van der Waals surface area contributed by atoms with Crippen LogP contribution in [-0.4, -0.2) is 91.6 Å². The zero-order chi connectivity index (χ0) is 38.4. The number of carbonyl (C=O) groups is 4. The fraction of sp³-hybridized carbons (Fsp3) is 0.750. The smallest absolute Gasteiger partial charge is 0.410 e. The van der Waals surface area contributed by atoms with Crippen molar-refractivity contribution in [2.75, 3.05) is 0 Å². The van der Waals surface area contributed by atoms with Crippen molar-refractivity contribution in [3.63, 3.8) is 0 Å². The molecule has 2 saturated carbocycles. The third-order valence-corrected chi connectivity index (χ3v) is 11.3. The van der Waals surface area contributed by atoms with Crippen molar-refractivity contribution in [1.82, 2.24) is 30.7 Å². The molecule has 6 aliphatic rings. The Morgan fingerprint density at radius 3 is 1.22 bits per heavy atom. The van der Waals surface area contributed by atoms with Crippen LogP contribution in [0.3, 0.4) is 0 Å². The summed E-state index contributed by atoms with van der Waals surface area (Å²) >= 11 is 0. The molecule has 8 rings (SSSR count). The van der Waals surface area contributed by atoms with Crippen LogP contribution in [0.15, 0.2) is 21.2 Å². The summed E-state index contributed by atoms with van der Waals surface area (Å²) in [6.45, 7) is 11.3. The summed E-state index contributed by atoms with van der Waals surface area (Å²) in [5, 5.41) is 14.1. The molecule has 14 nitrogen and oxygen atoms in total. The number of hydrogen-bond acceptors (Lipinski definition) is 10. The molecule has 0 radical (unpaired) electrons. The second kappa shape index (κ2) is 15.2. The Kier molecular flexibility index (Phi) is 10.8. The normalized spacial score (nSPS) is 28.0. The van der Waals surface area contributed by atoms with E-state index in [4.69, 9.17) is 18.5 Å². The number of piperidine rings is 4. The Labute approximate surface area is 317 Å². The lowest BCUT2D eigenvalue weighted by Gasteiger charge is -2.48. The summed E-state index contributed by atoms with van der Waals surface area (Å²) in [6.07, 6.45) is 13.1. The molecular weight excluding hydrogens is 692 g/mol. The molecule has 4 amide bonds. The maximum atomic E-state index is 12.6. The fourth-order valence-electron chi connectivity index (χ4n) is 8.66. The average Bonchev–Trinajstić information content (AvgIpc) is 4.00. The molecule has 4 saturated heterocycles. The van der Waals surface area contributed by atoms with E-state index in [1.54, 1.807) is 12.1 Å². The molecule has 0 spiro atoms. The van der Waals surface area contributed by atoms with E-state index in [0.29, 0.717) is 23.2 Å². The lowest BCUT2D eigenvalue weighted by atomic mass is 9.82. The zero-order valence-corrected chi connectivity index (χ0v) is 32.7. The van der Waals surface area contributed by atoms with E-state index < -0.39 is 11.2 Å². The minimum absolute atomic E-state index is 0.0487. The van der Waals surface area contributed by atoms with Crippen molar-refractivity contribution < 1.29 is 37.7 Å². The molecule has 2 N–H and O–H groups in total. The Hall–Kier alpha value is -4.10. The first-order chi connectivity index (χ1) is 25.6. The van der Waals surface area contributed by atoms with E-state index >= 15 is 0 Å². The van der Waals surface area contributed by atoms with Crippen LogP contribution in [0, 0.1) is 0 Å². The highest BCUT2D eigenvalue weighted by Gasteiger charge is 2.45. The van der Waals surface area contributed by atoms with Gasteiger partial charge in [-0.05, 0) is 131 Å². The predicted octanol–water partition coefficient (Wildman–Crippen LogP) is 7.20. The van der Waals surface area contributed by atoms with Crippen molar-refractivity contribution in [2.24, 2.45) is 0 Å². The summed E-state index contributed by atoms with van der Waals surface area (Å²) in [4.78, 5) is 54.2. The molecule has 6 atom stereocenters. The summed E-state index contributed by atoms with van der Waals surface area (Å²) < 4.78 is 21.8. The van der Waals surface area contributed by atoms with Gasteiger partial charge in [-0.3, -0.25) is 9.59 Å². The van der Waals surface area contributed by atoms with Gasteiger partial charge in [-0.15, -0.1) is 0 Å². The van der Waals surface area contributed by atoms with Gasteiger partial charge in [0, 0.05) is 60.2 Å². The van der Waals surface area contributed by atoms with Crippen LogP contribution in [0.4, 0.5) is 9.59 Å². The molecule has 2 aromatic heterocycles. The summed E-state index contributed by atoms with van der Waals surface area (Å²) in [5.74, 6) is 2.15. The first kappa shape index (κ1) is 38.2. The van der Waals surface area contributed by atoms with E-state index in [0.717, 1.165) is 101 Å². The number of amides is 4. The van der Waals surface area contributed by atoms with E-state index in [1.807, 2.05) is 51.3 Å². The van der Waals surface area contributed by atoms with Crippen LogP contribution in [0.2, 0.25) is 0 Å². The highest BCUT2D eigenvalue weighted by atomic mass is 16.6. The Morgan fingerprint density at radius 1 is 0.593 bits per heavy atom. The van der Waals surface area contributed by atoms with E-state index in [9.17, 15) is 19.2 Å². The van der Waals surface area contributed by atoms with Crippen molar-refractivity contribution in [3.8, 4) is 0 Å². The van der Waals surface area contributed by atoms with Crippen molar-refractivity contribution in [3.05, 3.63) is 35.0 Å². The Morgan fingerprint density at radius 2 is 0.926 bits per heavy atom. The van der Waals surface area contributed by atoms with E-state index in [2.05, 4.69) is 20.9 Å². The molecule has 4 bridgehead atoms. The van der Waals surface area contributed by atoms with Crippen LogP contribution in [0.25, 0.3) is 0 Å². The third kappa shape index (κ3) is 9.39. The summed E-state index contributed by atoms with van der Waals surface area (Å²) in [5.41, 5.74) is -0.279. The monoisotopic (exact) mass is 750 g/mol. The standard InChI is InChI=1S/2C20H29N3O4/c2*1-20(2,3)26-19(25)23-14-5-4-6-15(23)10-13(9-14)21-18(24)16-11-17(27-22-16)12-7-8-12/h2*11-15H,4-10H2,1-3H3,(H,21,24)/t2*13?,14-,15?/m11/s1. The fourth-order valence-corrected chi connectivity index (χ4v) is 8.66. The third-order valence-electron chi connectivity index (χ3n) is 11.3. The van der Waals surface area contributed by atoms with E-state index in [1.165, 1.54) is 0 Å². The minimum Gasteiger partial charge on any atom is -0.444 e. The molecule has 0 aromatic carbocycles. The second-order valence-electron chi connectivity index (χ2n) is 18.3. The average molecular weight is 751 g/mol. The van der Waals surface area contributed by atoms with Crippen LogP contribution >= 0.6 is 0 Å². The molecule has 6 fully saturated rings. The van der Waals surface area contributed by atoms with Gasteiger partial charge in [0.05, 0.1) is 0 Å². The van der Waals surface area contributed by atoms with Crippen molar-refractivity contribution >= 4 is 24.0 Å². The van der Waals surface area contributed by atoms with Crippen LogP contribution in [0.1, 0.15) is 176 Å². The number of fused-ring (bicyclic) bond motifs is 4. The number of aromatic nitrogens is 2. The van der Waals surface area contributed by atoms with Crippen LogP contribution in [-0.2, 0) is 9.47 Å². The number of ether oxygens (including phenoxy) is 2. The quantitative estimate of drug-likeness (QED) is 0.308. The number of rotatable bonds is 6. The molecule has 2 aliphatic carbocycles. The Bertz CT molecular complexity index is 1530. The molecule has 2 aromatic rings. The van der Waals surface area contributed by atoms with Gasteiger partial charge in [0.15, 0.2) is 11.4 Å². The SMILES string of the molecule is CC(C)(C)OC(=O)N1C2CCC[C@@H]1CC(NC(=O)c1cc(C3CC3)on1)C2.CC(C)(C)OC(=O)N1C2CCC[C@@H]1CC(NC(=O)c1cc(C3CC3)on1)C2. The zero-order valence-electron chi connectivity index (χ0n) is 32.7. The molecule has 296 valence electrons. The molecule has 4 aliphatic heterocycles. The van der Waals surface area contributed by atoms with Gasteiger partial charge in [0.1, 0.15) is 22.7 Å². The van der Waals surface area contributed by atoms with Gasteiger partial charge in [0.25, 0.3) is 11.8 Å². The first-order valence-electron chi connectivity index (χ1n) is 20.2. The lowest BCUT2D eigenvalue weighted by Crippen LogP contribution is -2.59. The van der Waals surface area contributed by atoms with Crippen LogP contribution in [0.5, 0.6) is 0 Å². The number of nitrogens with one attached hydrogen (secondary N) is 2. The molecule has 14 heteroatoms. The largest absolute Gasteiger partial charge is 0.444 e. The highest BCUT2D eigenvalue weighted by molar-refractivity contribution is 5.93. The number of carbonyl (C=O) groups excluding carboxylic acids is 4. The predicted molar refractivity (Wildman–Crippen MR) is 197 cm³/mol. The Balaban J connectivity index is 0.000000167. The number of nitrogens with zero attached hydrogens (tertiary/aromatic N) is 4.